The maximum Gasteiger partial charge on any atom is 0.387 e. The molecular formula is C26H29F2N3O5. The molecule has 0 saturated carbocycles. The number of allylic oxidation sites excluding steroid dienone is 1. The van der Waals surface area contributed by atoms with Gasteiger partial charge in [-0.3, -0.25) is 14.5 Å². The Hall–Kier alpha value is -3.50. The van der Waals surface area contributed by atoms with Crippen molar-refractivity contribution in [1.82, 2.24) is 10.2 Å². The first-order valence-electron chi connectivity index (χ1n) is 11.8. The van der Waals surface area contributed by atoms with Crippen LogP contribution in [-0.2, 0) is 20.7 Å². The summed E-state index contributed by atoms with van der Waals surface area (Å²) in [6.45, 7) is -1.17. The molecule has 10 heteroatoms. The van der Waals surface area contributed by atoms with E-state index in [1.807, 2.05) is 41.3 Å². The summed E-state index contributed by atoms with van der Waals surface area (Å²) in [6.07, 6.45) is 4.96. The van der Waals surface area contributed by atoms with Crippen molar-refractivity contribution < 1.29 is 32.6 Å². The van der Waals surface area contributed by atoms with Gasteiger partial charge in [0.05, 0.1) is 19.7 Å². The fourth-order valence-electron chi connectivity index (χ4n) is 4.25. The summed E-state index contributed by atoms with van der Waals surface area (Å²) in [5, 5.41) is 5.65. The average molecular weight is 502 g/mol. The molecule has 1 atom stereocenters. The number of carbonyl (C=O) groups excluding carboxylic acids is 2. The number of amides is 2. The van der Waals surface area contributed by atoms with Crippen LogP contribution in [0.15, 0.2) is 60.7 Å². The highest BCUT2D eigenvalue weighted by Crippen LogP contribution is 2.25. The lowest BCUT2D eigenvalue weighted by atomic mass is 9.94. The number of anilines is 1. The Morgan fingerprint density at radius 3 is 2.75 bits per heavy atom. The van der Waals surface area contributed by atoms with E-state index in [4.69, 9.17) is 9.47 Å². The molecule has 1 saturated heterocycles. The zero-order valence-corrected chi connectivity index (χ0v) is 19.8. The van der Waals surface area contributed by atoms with E-state index in [9.17, 15) is 18.4 Å². The first-order valence-corrected chi connectivity index (χ1v) is 11.8. The number of morpholine rings is 1. The van der Waals surface area contributed by atoms with E-state index in [1.165, 1.54) is 24.3 Å². The molecule has 2 aromatic carbocycles. The molecule has 2 N–H and O–H groups in total. The van der Waals surface area contributed by atoms with Gasteiger partial charge in [-0.25, -0.2) is 0 Å². The first-order chi connectivity index (χ1) is 17.4. The lowest BCUT2D eigenvalue weighted by Crippen LogP contribution is -2.60. The second kappa shape index (κ2) is 12.0. The number of hydrogen-bond acceptors (Lipinski definition) is 6. The van der Waals surface area contributed by atoms with E-state index in [2.05, 4.69) is 15.4 Å². The van der Waals surface area contributed by atoms with Crippen molar-refractivity contribution in [2.45, 2.75) is 25.1 Å². The number of halogens is 2. The van der Waals surface area contributed by atoms with Crippen molar-refractivity contribution in [3.8, 4) is 11.5 Å². The Balaban J connectivity index is 1.39. The molecule has 0 bridgehead atoms. The number of alkyl halides is 2. The van der Waals surface area contributed by atoms with Crippen LogP contribution in [0, 0.1) is 0 Å². The van der Waals surface area contributed by atoms with E-state index in [-0.39, 0.29) is 30.7 Å². The van der Waals surface area contributed by atoms with Crippen LogP contribution >= 0.6 is 0 Å². The van der Waals surface area contributed by atoms with Gasteiger partial charge in [-0.05, 0) is 42.3 Å². The molecule has 8 nitrogen and oxygen atoms in total. The molecule has 2 amide bonds. The van der Waals surface area contributed by atoms with Gasteiger partial charge in [0.1, 0.15) is 18.1 Å². The Kier molecular flexibility index (Phi) is 8.50. The summed E-state index contributed by atoms with van der Waals surface area (Å²) in [7, 11) is 0. The van der Waals surface area contributed by atoms with Gasteiger partial charge >= 0.3 is 6.61 Å². The van der Waals surface area contributed by atoms with Crippen LogP contribution in [0.3, 0.4) is 0 Å². The summed E-state index contributed by atoms with van der Waals surface area (Å²) < 4.78 is 40.8. The van der Waals surface area contributed by atoms with Crippen molar-refractivity contribution in [3.63, 3.8) is 0 Å². The predicted molar refractivity (Wildman–Crippen MR) is 129 cm³/mol. The Morgan fingerprint density at radius 1 is 1.14 bits per heavy atom. The lowest BCUT2D eigenvalue weighted by molar-refractivity contribution is -0.160. The first kappa shape index (κ1) is 25.6. The van der Waals surface area contributed by atoms with Gasteiger partial charge in [-0.2, -0.15) is 8.78 Å². The molecule has 0 aliphatic carbocycles. The van der Waals surface area contributed by atoms with Gasteiger partial charge in [0, 0.05) is 25.2 Å². The van der Waals surface area contributed by atoms with E-state index in [0.29, 0.717) is 44.8 Å². The average Bonchev–Trinajstić information content (AvgIpc) is 2.85. The van der Waals surface area contributed by atoms with Crippen LogP contribution < -0.4 is 20.1 Å². The molecule has 192 valence electrons. The van der Waals surface area contributed by atoms with Gasteiger partial charge in [0.15, 0.2) is 5.60 Å². The molecule has 2 heterocycles. The molecule has 0 radical (unpaired) electrons. The number of fused-ring (bicyclic) bond motifs is 1. The van der Waals surface area contributed by atoms with E-state index in [0.717, 1.165) is 11.3 Å². The minimum atomic E-state index is -2.91. The highest BCUT2D eigenvalue weighted by Gasteiger charge is 2.43. The molecule has 2 aliphatic rings. The smallest absolute Gasteiger partial charge is 0.387 e. The highest BCUT2D eigenvalue weighted by atomic mass is 19.3. The summed E-state index contributed by atoms with van der Waals surface area (Å²) in [4.78, 5) is 27.7. The van der Waals surface area contributed by atoms with Gasteiger partial charge in [-0.15, -0.1) is 0 Å². The topological polar surface area (TPSA) is 89.1 Å². The normalized spacial score (nSPS) is 21.0. The summed E-state index contributed by atoms with van der Waals surface area (Å²) >= 11 is 0. The minimum Gasteiger partial charge on any atom is -0.491 e. The van der Waals surface area contributed by atoms with Gasteiger partial charge < -0.3 is 24.8 Å². The maximum absolute atomic E-state index is 13.2. The minimum absolute atomic E-state index is 0.00794. The number of rotatable bonds is 5. The summed E-state index contributed by atoms with van der Waals surface area (Å²) in [6, 6.07) is 13.5. The van der Waals surface area contributed by atoms with Crippen LogP contribution in [0.5, 0.6) is 11.5 Å². The van der Waals surface area contributed by atoms with Gasteiger partial charge in [0.25, 0.3) is 5.91 Å². The number of nitrogens with one attached hydrogen (secondary N) is 2. The third kappa shape index (κ3) is 6.79. The zero-order chi connectivity index (χ0) is 25.4. The quantitative estimate of drug-likeness (QED) is 0.613. The number of para-hydroxylation sites is 1. The Morgan fingerprint density at radius 2 is 1.94 bits per heavy atom. The zero-order valence-electron chi connectivity index (χ0n) is 19.8. The van der Waals surface area contributed by atoms with E-state index < -0.39 is 12.2 Å². The van der Waals surface area contributed by atoms with Crippen LogP contribution in [0.1, 0.15) is 12.0 Å². The maximum atomic E-state index is 13.2. The van der Waals surface area contributed by atoms with Crippen LogP contribution in [0.2, 0.25) is 0 Å². The van der Waals surface area contributed by atoms with E-state index in [1.54, 1.807) is 0 Å². The monoisotopic (exact) mass is 501 g/mol. The standard InChI is InChI=1S/C26H29F2N3O5/c27-25(28)36-21-10-8-20(9-11-21)30-23(32)17-31-14-16-35-26(18-31)12-4-3-6-19-5-1-2-7-22(19)34-15-13-29-24(26)33/h1-5,7-11,25H,6,12-18H2,(H,29,33)(H,30,32). The molecule has 1 unspecified atom stereocenters. The molecule has 2 aliphatic heterocycles. The summed E-state index contributed by atoms with van der Waals surface area (Å²) in [5.41, 5.74) is 0.394. The van der Waals surface area contributed by atoms with E-state index >= 15 is 0 Å². The summed E-state index contributed by atoms with van der Waals surface area (Å²) in [5.74, 6) is 0.274. The molecule has 36 heavy (non-hydrogen) atoms. The molecule has 4 rings (SSSR count). The molecular weight excluding hydrogens is 472 g/mol. The van der Waals surface area contributed by atoms with Gasteiger partial charge in [-0.1, -0.05) is 30.4 Å². The van der Waals surface area contributed by atoms with Crippen molar-refractivity contribution >= 4 is 17.5 Å². The number of benzene rings is 2. The second-order valence-corrected chi connectivity index (χ2v) is 8.60. The van der Waals surface area contributed by atoms with Crippen LogP contribution in [-0.4, -0.2) is 68.3 Å². The van der Waals surface area contributed by atoms with Crippen molar-refractivity contribution in [2.75, 3.05) is 44.7 Å². The lowest BCUT2D eigenvalue weighted by Gasteiger charge is -2.41. The van der Waals surface area contributed by atoms with Crippen LogP contribution in [0.4, 0.5) is 14.5 Å². The third-order valence-corrected chi connectivity index (χ3v) is 5.98. The SMILES string of the molecule is O=C(CN1CCOC2(CC=CCc3ccccc3OCCNC2=O)C1)Nc1ccc(OC(F)F)cc1. The van der Waals surface area contributed by atoms with Crippen LogP contribution in [0.25, 0.3) is 0 Å². The van der Waals surface area contributed by atoms with Crippen molar-refractivity contribution in [3.05, 3.63) is 66.2 Å². The largest absolute Gasteiger partial charge is 0.491 e. The van der Waals surface area contributed by atoms with Gasteiger partial charge in [0.2, 0.25) is 5.91 Å². The predicted octanol–water partition coefficient (Wildman–Crippen LogP) is 3.00. The fourth-order valence-corrected chi connectivity index (χ4v) is 4.25. The highest BCUT2D eigenvalue weighted by molar-refractivity contribution is 5.92. The van der Waals surface area contributed by atoms with Crippen molar-refractivity contribution in [2.24, 2.45) is 0 Å². The molecule has 2 aromatic rings. The second-order valence-electron chi connectivity index (χ2n) is 8.60. The fraction of sp³-hybridized carbons (Fsp3) is 0.385. The molecule has 0 aromatic heterocycles. The number of hydrogen-bond donors (Lipinski definition) is 2. The van der Waals surface area contributed by atoms with Crippen molar-refractivity contribution in [1.29, 1.82) is 0 Å². The number of ether oxygens (including phenoxy) is 3. The molecule has 1 spiro atoms. The third-order valence-electron chi connectivity index (χ3n) is 5.98. The molecule has 1 fully saturated rings. The Bertz CT molecular complexity index is 1080. The Labute approximate surface area is 208 Å². The number of nitrogens with zero attached hydrogens (tertiary/aromatic N) is 1. The number of carbonyl (C=O) groups is 2.